The summed E-state index contributed by atoms with van der Waals surface area (Å²) in [5, 5.41) is 6.21. The van der Waals surface area contributed by atoms with Crippen LogP contribution in [0.4, 0.5) is 0 Å². The van der Waals surface area contributed by atoms with Crippen LogP contribution in [0.15, 0.2) is 59.8 Å². The predicted molar refractivity (Wildman–Crippen MR) is 124 cm³/mol. The van der Waals surface area contributed by atoms with Crippen molar-refractivity contribution in [2.75, 3.05) is 6.54 Å². The number of aromatic nitrogens is 3. The molecule has 0 bridgehead atoms. The van der Waals surface area contributed by atoms with Gasteiger partial charge in [0.05, 0.1) is 6.20 Å². The van der Waals surface area contributed by atoms with Gasteiger partial charge in [-0.1, -0.05) is 23.7 Å². The van der Waals surface area contributed by atoms with Crippen LogP contribution in [-0.2, 0) is 31.8 Å². The van der Waals surface area contributed by atoms with Gasteiger partial charge in [-0.15, -0.1) is 0 Å². The van der Waals surface area contributed by atoms with Gasteiger partial charge in [0.15, 0.2) is 0 Å². The molecule has 0 spiro atoms. The summed E-state index contributed by atoms with van der Waals surface area (Å²) in [7, 11) is 3.58. The maximum atomic E-state index is 12.8. The Kier molecular flexibility index (Phi) is 6.06. The number of benzene rings is 2. The standard InChI is InChI=1S/C22H21ClN4O3S/c1-26-13-20(19-9-14(3-6-21(19)23)7-8-25-31(29)30)18-10-15(4-5-17(18)22(26)28)16-11-24-27(2)12-16/h3-6,9-13,25H,7-8H2,1-2H3,(H,29,30). The topological polar surface area (TPSA) is 89.2 Å². The fourth-order valence-corrected chi connectivity index (χ4v) is 4.14. The molecule has 9 heteroatoms. The van der Waals surface area contributed by atoms with Crippen molar-refractivity contribution in [1.29, 1.82) is 0 Å². The van der Waals surface area contributed by atoms with Gasteiger partial charge in [0.25, 0.3) is 5.56 Å². The first-order chi connectivity index (χ1) is 14.8. The number of hydrogen-bond donors (Lipinski definition) is 2. The van der Waals surface area contributed by atoms with E-state index >= 15 is 0 Å². The molecule has 0 aliphatic rings. The second-order valence-electron chi connectivity index (χ2n) is 7.33. The Morgan fingerprint density at radius 2 is 1.87 bits per heavy atom. The van der Waals surface area contributed by atoms with E-state index in [9.17, 15) is 9.00 Å². The molecule has 0 amide bonds. The fraction of sp³-hybridized carbons (Fsp3) is 0.182. The highest BCUT2D eigenvalue weighted by atomic mass is 35.5. The molecule has 2 aromatic carbocycles. The average Bonchev–Trinajstić information content (AvgIpc) is 3.18. The number of nitrogens with zero attached hydrogens (tertiary/aromatic N) is 3. The molecule has 0 radical (unpaired) electrons. The SMILES string of the molecule is Cn1cc(-c2ccc3c(=O)n(C)cc(-c4cc(CCNS(=O)O)ccc4Cl)c3c2)cn1. The minimum atomic E-state index is -2.05. The first-order valence-electron chi connectivity index (χ1n) is 9.59. The van der Waals surface area contributed by atoms with Crippen molar-refractivity contribution in [2.24, 2.45) is 14.1 Å². The van der Waals surface area contributed by atoms with Crippen molar-refractivity contribution >= 4 is 33.6 Å². The molecule has 0 saturated heterocycles. The lowest BCUT2D eigenvalue weighted by molar-refractivity contribution is 0.549. The molecule has 7 nitrogen and oxygen atoms in total. The number of pyridine rings is 1. The van der Waals surface area contributed by atoms with E-state index in [1.807, 2.05) is 49.6 Å². The van der Waals surface area contributed by atoms with Gasteiger partial charge < -0.3 is 4.57 Å². The molecule has 4 rings (SSSR count). The zero-order valence-corrected chi connectivity index (χ0v) is 18.6. The van der Waals surface area contributed by atoms with Crippen LogP contribution in [0.3, 0.4) is 0 Å². The Labute approximate surface area is 186 Å². The molecule has 2 heterocycles. The molecule has 1 unspecified atom stereocenters. The molecule has 1 atom stereocenters. The van der Waals surface area contributed by atoms with Gasteiger partial charge in [-0.2, -0.15) is 5.10 Å². The van der Waals surface area contributed by atoms with Crippen LogP contribution in [0, 0.1) is 0 Å². The van der Waals surface area contributed by atoms with E-state index < -0.39 is 11.3 Å². The molecule has 0 saturated carbocycles. The van der Waals surface area contributed by atoms with Crippen molar-refractivity contribution in [3.8, 4) is 22.3 Å². The zero-order chi connectivity index (χ0) is 22.1. The van der Waals surface area contributed by atoms with Crippen LogP contribution >= 0.6 is 11.6 Å². The number of nitrogens with one attached hydrogen (secondary N) is 1. The first-order valence-corrected chi connectivity index (χ1v) is 11.1. The maximum absolute atomic E-state index is 12.8. The molecule has 2 N–H and O–H groups in total. The minimum absolute atomic E-state index is 0.0848. The highest BCUT2D eigenvalue weighted by molar-refractivity contribution is 7.77. The van der Waals surface area contributed by atoms with Gasteiger partial charge >= 0.3 is 0 Å². The summed E-state index contributed by atoms with van der Waals surface area (Å²) in [4.78, 5) is 12.8. The summed E-state index contributed by atoms with van der Waals surface area (Å²) in [6.45, 7) is 0.351. The van der Waals surface area contributed by atoms with E-state index in [1.54, 1.807) is 28.7 Å². The Balaban J connectivity index is 1.87. The summed E-state index contributed by atoms with van der Waals surface area (Å²) >= 11 is 4.51. The molecule has 2 aromatic heterocycles. The van der Waals surface area contributed by atoms with E-state index in [2.05, 4.69) is 9.82 Å². The minimum Gasteiger partial charge on any atom is -0.317 e. The summed E-state index contributed by atoms with van der Waals surface area (Å²) in [6.07, 6.45) is 6.06. The van der Waals surface area contributed by atoms with Gasteiger partial charge in [-0.05, 0) is 47.2 Å². The van der Waals surface area contributed by atoms with E-state index in [4.69, 9.17) is 16.2 Å². The van der Waals surface area contributed by atoms with Crippen molar-refractivity contribution < 1.29 is 8.76 Å². The van der Waals surface area contributed by atoms with E-state index in [0.29, 0.717) is 23.4 Å². The molecule has 0 fully saturated rings. The smallest absolute Gasteiger partial charge is 0.258 e. The van der Waals surface area contributed by atoms with Crippen molar-refractivity contribution in [2.45, 2.75) is 6.42 Å². The van der Waals surface area contributed by atoms with Crippen molar-refractivity contribution in [3.63, 3.8) is 0 Å². The molecule has 0 aliphatic heterocycles. The summed E-state index contributed by atoms with van der Waals surface area (Å²) in [6, 6.07) is 11.4. The third-order valence-corrected chi connectivity index (χ3v) is 5.96. The number of hydrogen-bond acceptors (Lipinski definition) is 3. The summed E-state index contributed by atoms with van der Waals surface area (Å²) in [5.41, 5.74) is 4.43. The van der Waals surface area contributed by atoms with E-state index in [1.165, 1.54) is 0 Å². The third kappa shape index (κ3) is 4.47. The molecule has 0 aliphatic carbocycles. The quantitative estimate of drug-likeness (QED) is 0.434. The molecule has 4 aromatic rings. The van der Waals surface area contributed by atoms with Crippen LogP contribution in [0.1, 0.15) is 5.56 Å². The zero-order valence-electron chi connectivity index (χ0n) is 17.0. The lowest BCUT2D eigenvalue weighted by atomic mass is 9.96. The fourth-order valence-electron chi connectivity index (χ4n) is 3.65. The van der Waals surface area contributed by atoms with Crippen LogP contribution in [0.25, 0.3) is 33.0 Å². The highest BCUT2D eigenvalue weighted by Gasteiger charge is 2.14. The van der Waals surface area contributed by atoms with Crippen molar-refractivity contribution in [1.82, 2.24) is 19.1 Å². The number of fused-ring (bicyclic) bond motifs is 1. The second-order valence-corrected chi connectivity index (χ2v) is 8.52. The Morgan fingerprint density at radius 3 is 2.58 bits per heavy atom. The van der Waals surface area contributed by atoms with Crippen LogP contribution in [0.5, 0.6) is 0 Å². The average molecular weight is 457 g/mol. The Bertz CT molecular complexity index is 1360. The first kappa shape index (κ1) is 21.5. The summed E-state index contributed by atoms with van der Waals surface area (Å²) < 4.78 is 25.5. The lowest BCUT2D eigenvalue weighted by Gasteiger charge is -2.14. The Morgan fingerprint density at radius 1 is 1.06 bits per heavy atom. The molecule has 160 valence electrons. The summed E-state index contributed by atoms with van der Waals surface area (Å²) in [5.74, 6) is 0. The van der Waals surface area contributed by atoms with Gasteiger partial charge in [0.2, 0.25) is 11.3 Å². The predicted octanol–water partition coefficient (Wildman–Crippen LogP) is 3.53. The normalized spacial score (nSPS) is 12.4. The van der Waals surface area contributed by atoms with Crippen LogP contribution < -0.4 is 10.3 Å². The number of aryl methyl sites for hydroxylation is 2. The third-order valence-electron chi connectivity index (χ3n) is 5.18. The number of halogens is 1. The largest absolute Gasteiger partial charge is 0.317 e. The van der Waals surface area contributed by atoms with Crippen molar-refractivity contribution in [3.05, 3.63) is 75.9 Å². The van der Waals surface area contributed by atoms with Gasteiger partial charge in [-0.25, -0.2) is 8.93 Å². The van der Waals surface area contributed by atoms with Gasteiger partial charge in [-0.3, -0.25) is 14.0 Å². The molecular weight excluding hydrogens is 436 g/mol. The molecular formula is C22H21ClN4O3S. The van der Waals surface area contributed by atoms with E-state index in [-0.39, 0.29) is 5.56 Å². The second kappa shape index (κ2) is 8.76. The highest BCUT2D eigenvalue weighted by Crippen LogP contribution is 2.35. The monoisotopic (exact) mass is 456 g/mol. The van der Waals surface area contributed by atoms with Crippen LogP contribution in [-0.4, -0.2) is 29.7 Å². The van der Waals surface area contributed by atoms with Gasteiger partial charge in [0.1, 0.15) is 0 Å². The Hall–Kier alpha value is -2.78. The van der Waals surface area contributed by atoms with Gasteiger partial charge in [0, 0.05) is 60.1 Å². The number of rotatable bonds is 6. The van der Waals surface area contributed by atoms with Crippen LogP contribution in [0.2, 0.25) is 5.02 Å². The van der Waals surface area contributed by atoms with E-state index in [0.717, 1.165) is 33.2 Å². The lowest BCUT2D eigenvalue weighted by Crippen LogP contribution is -2.19. The maximum Gasteiger partial charge on any atom is 0.258 e. The molecule has 31 heavy (non-hydrogen) atoms.